The van der Waals surface area contributed by atoms with Gasteiger partial charge in [0, 0.05) is 12.6 Å². The van der Waals surface area contributed by atoms with Crippen molar-refractivity contribution >= 4 is 12.0 Å². The van der Waals surface area contributed by atoms with Gasteiger partial charge in [0.1, 0.15) is 6.04 Å². The molecule has 0 bridgehead atoms. The average Bonchev–Trinajstić information content (AvgIpc) is 2.85. The Morgan fingerprint density at radius 1 is 1.20 bits per heavy atom. The zero-order valence-corrected chi connectivity index (χ0v) is 13.1. The zero-order chi connectivity index (χ0) is 15.3. The summed E-state index contributed by atoms with van der Waals surface area (Å²) in [7, 11) is 0. The van der Waals surface area contributed by atoms with Gasteiger partial charge in [0.2, 0.25) is 0 Å². The smallest absolute Gasteiger partial charge is 0.326 e. The number of carboxylic acid groups (broad SMARTS) is 1. The van der Waals surface area contributed by atoms with Gasteiger partial charge in [-0.3, -0.25) is 0 Å². The Hall–Kier alpha value is -1.26. The molecule has 0 aromatic rings. The molecule has 1 fully saturated rings. The lowest BCUT2D eigenvalue weighted by Crippen LogP contribution is -2.53. The van der Waals surface area contributed by atoms with Crippen molar-refractivity contribution in [3.05, 3.63) is 0 Å². The minimum atomic E-state index is -0.968. The van der Waals surface area contributed by atoms with Gasteiger partial charge in [-0.05, 0) is 24.7 Å². The lowest BCUT2D eigenvalue weighted by molar-refractivity contribution is -0.140. The van der Waals surface area contributed by atoms with Crippen LogP contribution in [0.2, 0.25) is 0 Å². The summed E-state index contributed by atoms with van der Waals surface area (Å²) in [5.74, 6) is -0.714. The monoisotopic (exact) mass is 284 g/mol. The Morgan fingerprint density at radius 2 is 1.75 bits per heavy atom. The van der Waals surface area contributed by atoms with Gasteiger partial charge in [0.05, 0.1) is 0 Å². The van der Waals surface area contributed by atoms with Crippen molar-refractivity contribution in [1.82, 2.24) is 10.2 Å². The van der Waals surface area contributed by atoms with Crippen molar-refractivity contribution in [3.8, 4) is 0 Å². The van der Waals surface area contributed by atoms with Gasteiger partial charge < -0.3 is 15.3 Å². The second-order valence-electron chi connectivity index (χ2n) is 6.49. The van der Waals surface area contributed by atoms with Gasteiger partial charge >= 0.3 is 12.0 Å². The lowest BCUT2D eigenvalue weighted by Gasteiger charge is -2.32. The number of nitrogens with zero attached hydrogens (tertiary/aromatic N) is 1. The van der Waals surface area contributed by atoms with E-state index in [0.717, 1.165) is 25.7 Å². The molecule has 1 atom stereocenters. The first kappa shape index (κ1) is 16.8. The van der Waals surface area contributed by atoms with Crippen LogP contribution in [0.25, 0.3) is 0 Å². The topological polar surface area (TPSA) is 69.6 Å². The van der Waals surface area contributed by atoms with Crippen molar-refractivity contribution in [2.75, 3.05) is 6.54 Å². The largest absolute Gasteiger partial charge is 0.480 e. The van der Waals surface area contributed by atoms with E-state index < -0.39 is 12.0 Å². The highest BCUT2D eigenvalue weighted by Crippen LogP contribution is 2.24. The molecule has 1 aliphatic carbocycles. The van der Waals surface area contributed by atoms with E-state index in [1.165, 1.54) is 0 Å². The summed E-state index contributed by atoms with van der Waals surface area (Å²) in [6.45, 7) is 8.45. The maximum absolute atomic E-state index is 12.4. The van der Waals surface area contributed by atoms with Gasteiger partial charge in [0.25, 0.3) is 0 Å². The molecular formula is C15H28N2O3. The SMILES string of the molecule is CC(C)CN(C(=O)N[C@@H](C(=O)O)C(C)C)C1CCCC1. The van der Waals surface area contributed by atoms with Crippen LogP contribution in [0, 0.1) is 11.8 Å². The first-order valence-corrected chi connectivity index (χ1v) is 7.62. The van der Waals surface area contributed by atoms with Crippen molar-refractivity contribution in [3.63, 3.8) is 0 Å². The van der Waals surface area contributed by atoms with Crippen molar-refractivity contribution in [1.29, 1.82) is 0 Å². The highest BCUT2D eigenvalue weighted by atomic mass is 16.4. The number of hydrogen-bond donors (Lipinski definition) is 2. The molecule has 20 heavy (non-hydrogen) atoms. The van der Waals surface area contributed by atoms with Crippen molar-refractivity contribution in [2.24, 2.45) is 11.8 Å². The summed E-state index contributed by atoms with van der Waals surface area (Å²) < 4.78 is 0. The normalized spacial score (nSPS) is 17.5. The number of amides is 2. The third-order valence-electron chi connectivity index (χ3n) is 3.80. The molecule has 0 saturated heterocycles. The zero-order valence-electron chi connectivity index (χ0n) is 13.1. The Bertz CT molecular complexity index is 336. The van der Waals surface area contributed by atoms with Gasteiger partial charge in [-0.15, -0.1) is 0 Å². The van der Waals surface area contributed by atoms with Crippen LogP contribution in [-0.4, -0.2) is 40.6 Å². The fraction of sp³-hybridized carbons (Fsp3) is 0.867. The second kappa shape index (κ2) is 7.50. The highest BCUT2D eigenvalue weighted by Gasteiger charge is 2.31. The van der Waals surface area contributed by atoms with Gasteiger partial charge in [-0.2, -0.15) is 0 Å². The molecule has 1 rings (SSSR count). The van der Waals surface area contributed by atoms with Crippen LogP contribution in [0.5, 0.6) is 0 Å². The predicted octanol–water partition coefficient (Wildman–Crippen LogP) is 2.71. The lowest BCUT2D eigenvalue weighted by atomic mass is 10.0. The first-order chi connectivity index (χ1) is 9.32. The van der Waals surface area contributed by atoms with Crippen LogP contribution < -0.4 is 5.32 Å². The molecule has 2 N–H and O–H groups in total. The molecule has 0 heterocycles. The minimum absolute atomic E-state index is 0.124. The third-order valence-corrected chi connectivity index (χ3v) is 3.80. The van der Waals surface area contributed by atoms with E-state index in [1.807, 2.05) is 4.90 Å². The van der Waals surface area contributed by atoms with Gasteiger partial charge in [-0.25, -0.2) is 9.59 Å². The molecule has 5 heteroatoms. The fourth-order valence-corrected chi connectivity index (χ4v) is 2.74. The standard InChI is InChI=1S/C15H28N2O3/c1-10(2)9-17(12-7-5-6-8-12)15(20)16-13(11(3)4)14(18)19/h10-13H,5-9H2,1-4H3,(H,16,20)(H,18,19)/t13-/m1/s1. The molecule has 116 valence electrons. The Kier molecular flexibility index (Phi) is 6.30. The quantitative estimate of drug-likeness (QED) is 0.788. The molecule has 0 aromatic heterocycles. The molecule has 0 radical (unpaired) electrons. The first-order valence-electron chi connectivity index (χ1n) is 7.62. The van der Waals surface area contributed by atoms with Gasteiger partial charge in [-0.1, -0.05) is 40.5 Å². The predicted molar refractivity (Wildman–Crippen MR) is 78.6 cm³/mol. The van der Waals surface area contributed by atoms with E-state index in [9.17, 15) is 14.7 Å². The number of nitrogens with one attached hydrogen (secondary N) is 1. The van der Waals surface area contributed by atoms with Crippen LogP contribution in [-0.2, 0) is 4.79 Å². The number of carbonyl (C=O) groups is 2. The Morgan fingerprint density at radius 3 is 2.15 bits per heavy atom. The summed E-state index contributed by atoms with van der Waals surface area (Å²) in [5, 5.41) is 11.9. The minimum Gasteiger partial charge on any atom is -0.480 e. The Labute approximate surface area is 121 Å². The van der Waals surface area contributed by atoms with Crippen LogP contribution >= 0.6 is 0 Å². The summed E-state index contributed by atoms with van der Waals surface area (Å²) in [6.07, 6.45) is 4.36. The van der Waals surface area contributed by atoms with Crippen LogP contribution in [0.4, 0.5) is 4.79 Å². The molecule has 1 aliphatic rings. The maximum Gasteiger partial charge on any atom is 0.326 e. The molecule has 0 aliphatic heterocycles. The van der Waals surface area contributed by atoms with Crippen LogP contribution in [0.15, 0.2) is 0 Å². The molecular weight excluding hydrogens is 256 g/mol. The van der Waals surface area contributed by atoms with E-state index in [2.05, 4.69) is 19.2 Å². The maximum atomic E-state index is 12.4. The fourth-order valence-electron chi connectivity index (χ4n) is 2.74. The van der Waals surface area contributed by atoms with E-state index in [1.54, 1.807) is 13.8 Å². The van der Waals surface area contributed by atoms with Gasteiger partial charge in [0.15, 0.2) is 0 Å². The molecule has 0 unspecified atom stereocenters. The molecule has 5 nitrogen and oxygen atoms in total. The number of carbonyl (C=O) groups excluding carboxylic acids is 1. The van der Waals surface area contributed by atoms with Crippen LogP contribution in [0.1, 0.15) is 53.4 Å². The molecule has 1 saturated carbocycles. The number of hydrogen-bond acceptors (Lipinski definition) is 2. The van der Waals surface area contributed by atoms with Crippen molar-refractivity contribution in [2.45, 2.75) is 65.5 Å². The summed E-state index contributed by atoms with van der Waals surface area (Å²) in [6, 6.07) is -0.788. The van der Waals surface area contributed by atoms with E-state index in [0.29, 0.717) is 12.5 Å². The molecule has 0 spiro atoms. The number of rotatable bonds is 6. The second-order valence-corrected chi connectivity index (χ2v) is 6.49. The number of carboxylic acids is 1. The molecule has 0 aromatic carbocycles. The summed E-state index contributed by atoms with van der Waals surface area (Å²) in [5.41, 5.74) is 0. The molecule has 2 amide bonds. The highest BCUT2D eigenvalue weighted by molar-refractivity contribution is 5.83. The number of urea groups is 1. The Balaban J connectivity index is 2.73. The van der Waals surface area contributed by atoms with E-state index in [-0.39, 0.29) is 18.0 Å². The summed E-state index contributed by atoms with van der Waals surface area (Å²) in [4.78, 5) is 25.5. The third kappa shape index (κ3) is 4.69. The van der Waals surface area contributed by atoms with Crippen LogP contribution in [0.3, 0.4) is 0 Å². The average molecular weight is 284 g/mol. The summed E-state index contributed by atoms with van der Waals surface area (Å²) >= 11 is 0. The van der Waals surface area contributed by atoms with Crippen molar-refractivity contribution < 1.29 is 14.7 Å². The number of aliphatic carboxylic acids is 1. The van der Waals surface area contributed by atoms with E-state index >= 15 is 0 Å². The van der Waals surface area contributed by atoms with E-state index in [4.69, 9.17) is 0 Å².